The zero-order valence-corrected chi connectivity index (χ0v) is 17.9. The molecule has 8 nitrogen and oxygen atoms in total. The summed E-state index contributed by atoms with van der Waals surface area (Å²) < 4.78 is 29.3. The van der Waals surface area contributed by atoms with Crippen LogP contribution in [0.1, 0.15) is 26.2 Å². The molecule has 1 saturated heterocycles. The standard InChI is InChI=1S/C21H27N3O5S/c1-3-20(27)23(2)21(19(26)11-13-24(21)12-6-14-25)22-30(28,29)18-10-9-16-7-4-5-8-17(16)15-18/h4-5,7-10,14-15,19,22,26H,3,6,11-13H2,1-2H3. The van der Waals surface area contributed by atoms with Gasteiger partial charge in [0.1, 0.15) is 12.4 Å². The molecule has 1 aliphatic rings. The quantitative estimate of drug-likeness (QED) is 0.480. The van der Waals surface area contributed by atoms with Crippen molar-refractivity contribution < 1.29 is 23.1 Å². The van der Waals surface area contributed by atoms with Gasteiger partial charge in [-0.05, 0) is 29.3 Å². The van der Waals surface area contributed by atoms with Crippen LogP contribution in [0.2, 0.25) is 0 Å². The Bertz CT molecular complexity index is 1040. The number of amides is 1. The summed E-state index contributed by atoms with van der Waals surface area (Å²) >= 11 is 0. The minimum absolute atomic E-state index is 0.0346. The molecule has 0 spiro atoms. The Kier molecular flexibility index (Phi) is 6.56. The molecule has 2 atom stereocenters. The lowest BCUT2D eigenvalue weighted by atomic mass is 10.1. The van der Waals surface area contributed by atoms with Crippen LogP contribution in [0.5, 0.6) is 0 Å². The number of aldehydes is 1. The van der Waals surface area contributed by atoms with Gasteiger partial charge in [-0.2, -0.15) is 4.72 Å². The molecule has 1 heterocycles. The molecule has 0 aliphatic carbocycles. The molecule has 1 aliphatic heterocycles. The first kappa shape index (κ1) is 22.4. The van der Waals surface area contributed by atoms with Gasteiger partial charge in [-0.15, -0.1) is 0 Å². The molecule has 3 rings (SSSR count). The van der Waals surface area contributed by atoms with E-state index in [2.05, 4.69) is 4.72 Å². The number of likely N-dealkylation sites (tertiary alicyclic amines) is 1. The highest BCUT2D eigenvalue weighted by atomic mass is 32.2. The molecule has 0 radical (unpaired) electrons. The summed E-state index contributed by atoms with van der Waals surface area (Å²) in [4.78, 5) is 26.4. The molecule has 162 valence electrons. The minimum Gasteiger partial charge on any atom is -0.388 e. The fraction of sp³-hybridized carbons (Fsp3) is 0.429. The number of aliphatic hydroxyl groups excluding tert-OH is 1. The van der Waals surface area contributed by atoms with Gasteiger partial charge in [0.25, 0.3) is 0 Å². The van der Waals surface area contributed by atoms with Crippen molar-refractivity contribution in [2.24, 2.45) is 0 Å². The fourth-order valence-corrected chi connectivity index (χ4v) is 5.45. The Morgan fingerprint density at radius 2 is 2.00 bits per heavy atom. The van der Waals surface area contributed by atoms with Gasteiger partial charge < -0.3 is 14.8 Å². The molecule has 0 bridgehead atoms. The second-order valence-corrected chi connectivity index (χ2v) is 9.08. The number of fused-ring (bicyclic) bond motifs is 1. The van der Waals surface area contributed by atoms with Crippen molar-refractivity contribution in [3.8, 4) is 0 Å². The zero-order chi connectivity index (χ0) is 21.9. The number of sulfonamides is 1. The van der Waals surface area contributed by atoms with E-state index in [1.807, 2.05) is 24.3 Å². The fourth-order valence-electron chi connectivity index (χ4n) is 4.01. The van der Waals surface area contributed by atoms with Crippen LogP contribution in [0.25, 0.3) is 10.8 Å². The smallest absolute Gasteiger partial charge is 0.243 e. The molecular weight excluding hydrogens is 406 g/mol. The topological polar surface area (TPSA) is 107 Å². The van der Waals surface area contributed by atoms with Gasteiger partial charge in [-0.1, -0.05) is 37.3 Å². The van der Waals surface area contributed by atoms with E-state index in [1.165, 1.54) is 18.0 Å². The summed E-state index contributed by atoms with van der Waals surface area (Å²) in [6, 6.07) is 12.2. The predicted molar refractivity (Wildman–Crippen MR) is 113 cm³/mol. The van der Waals surface area contributed by atoms with Crippen LogP contribution < -0.4 is 4.72 Å². The van der Waals surface area contributed by atoms with E-state index in [0.29, 0.717) is 6.54 Å². The number of nitrogens with one attached hydrogen (secondary N) is 1. The van der Waals surface area contributed by atoms with E-state index < -0.39 is 21.9 Å². The number of likely N-dealkylation sites (N-methyl/N-ethyl adjacent to an activating group) is 1. The van der Waals surface area contributed by atoms with E-state index in [9.17, 15) is 23.1 Å². The largest absolute Gasteiger partial charge is 0.388 e. The Hall–Kier alpha value is -2.33. The number of carbonyl (C=O) groups is 2. The number of rotatable bonds is 8. The summed E-state index contributed by atoms with van der Waals surface area (Å²) in [6.45, 7) is 2.22. The molecule has 2 unspecified atom stereocenters. The van der Waals surface area contributed by atoms with Crippen molar-refractivity contribution >= 4 is 33.0 Å². The Morgan fingerprint density at radius 3 is 2.67 bits per heavy atom. The summed E-state index contributed by atoms with van der Waals surface area (Å²) in [6.07, 6.45) is 0.139. The molecule has 2 N–H and O–H groups in total. The number of hydrogen-bond donors (Lipinski definition) is 2. The number of aliphatic hydroxyl groups is 1. The van der Waals surface area contributed by atoms with Crippen LogP contribution in [0.15, 0.2) is 47.4 Å². The molecule has 1 amide bonds. The molecule has 1 fully saturated rings. The van der Waals surface area contributed by atoms with Gasteiger partial charge in [0.15, 0.2) is 5.79 Å². The van der Waals surface area contributed by atoms with E-state index >= 15 is 0 Å². The summed E-state index contributed by atoms with van der Waals surface area (Å²) in [5.74, 6) is -1.99. The number of nitrogens with zero attached hydrogens (tertiary/aromatic N) is 2. The van der Waals surface area contributed by atoms with Crippen LogP contribution in [-0.2, 0) is 19.6 Å². The normalized spacial score (nSPS) is 22.3. The molecule has 9 heteroatoms. The van der Waals surface area contributed by atoms with Gasteiger partial charge in [0.05, 0.1) is 4.90 Å². The lowest BCUT2D eigenvalue weighted by Crippen LogP contribution is -2.72. The van der Waals surface area contributed by atoms with E-state index in [4.69, 9.17) is 0 Å². The maximum absolute atomic E-state index is 13.4. The Morgan fingerprint density at radius 1 is 1.30 bits per heavy atom. The van der Waals surface area contributed by atoms with Crippen molar-refractivity contribution in [1.29, 1.82) is 0 Å². The third kappa shape index (κ3) is 3.98. The van der Waals surface area contributed by atoms with Gasteiger partial charge >= 0.3 is 0 Å². The third-order valence-corrected chi connectivity index (χ3v) is 7.08. The van der Waals surface area contributed by atoms with Crippen LogP contribution in [0.4, 0.5) is 0 Å². The molecule has 2 aromatic rings. The van der Waals surface area contributed by atoms with Gasteiger partial charge in [0.2, 0.25) is 15.9 Å². The van der Waals surface area contributed by atoms with Gasteiger partial charge in [0, 0.05) is 33.0 Å². The second-order valence-electron chi connectivity index (χ2n) is 7.39. The van der Waals surface area contributed by atoms with E-state index in [1.54, 1.807) is 24.0 Å². The molecule has 2 aromatic carbocycles. The summed E-state index contributed by atoms with van der Waals surface area (Å²) in [5.41, 5.74) is 0. The Balaban J connectivity index is 2.06. The molecular formula is C21H27N3O5S. The Labute approximate surface area is 176 Å². The minimum atomic E-state index is -4.11. The average molecular weight is 434 g/mol. The highest BCUT2D eigenvalue weighted by Crippen LogP contribution is 2.33. The predicted octanol–water partition coefficient (Wildman–Crippen LogP) is 1.30. The van der Waals surface area contributed by atoms with Crippen molar-refractivity contribution in [1.82, 2.24) is 14.5 Å². The first-order valence-electron chi connectivity index (χ1n) is 9.92. The molecule has 0 aromatic heterocycles. The maximum Gasteiger partial charge on any atom is 0.243 e. The van der Waals surface area contributed by atoms with Crippen molar-refractivity contribution in [2.45, 2.75) is 43.0 Å². The van der Waals surface area contributed by atoms with Crippen LogP contribution in [0, 0.1) is 0 Å². The van der Waals surface area contributed by atoms with Crippen LogP contribution in [0.3, 0.4) is 0 Å². The van der Waals surface area contributed by atoms with Crippen molar-refractivity contribution in [2.75, 3.05) is 20.1 Å². The van der Waals surface area contributed by atoms with Crippen LogP contribution in [-0.4, -0.2) is 67.5 Å². The SMILES string of the molecule is CCC(=O)N(C)C1(NS(=O)(=O)c2ccc3ccccc3c2)C(O)CCN1CCC=O. The summed E-state index contributed by atoms with van der Waals surface area (Å²) in [7, 11) is -2.64. The van der Waals surface area contributed by atoms with Crippen LogP contribution >= 0.6 is 0 Å². The lowest BCUT2D eigenvalue weighted by molar-refractivity contribution is -0.153. The van der Waals surface area contributed by atoms with Gasteiger partial charge in [-0.25, -0.2) is 8.42 Å². The first-order valence-corrected chi connectivity index (χ1v) is 11.4. The van der Waals surface area contributed by atoms with Gasteiger partial charge in [-0.3, -0.25) is 9.69 Å². The third-order valence-electron chi connectivity index (χ3n) is 5.64. The van der Waals surface area contributed by atoms with E-state index in [0.717, 1.165) is 17.1 Å². The second kappa shape index (κ2) is 8.81. The van der Waals surface area contributed by atoms with Crippen molar-refractivity contribution in [3.63, 3.8) is 0 Å². The monoisotopic (exact) mass is 433 g/mol. The summed E-state index contributed by atoms with van der Waals surface area (Å²) in [5, 5.41) is 12.5. The molecule has 0 saturated carbocycles. The lowest BCUT2D eigenvalue weighted by Gasteiger charge is -2.46. The number of hydrogen-bond acceptors (Lipinski definition) is 6. The van der Waals surface area contributed by atoms with E-state index in [-0.39, 0.29) is 36.6 Å². The average Bonchev–Trinajstić information content (AvgIpc) is 3.06. The maximum atomic E-state index is 13.4. The number of benzene rings is 2. The van der Waals surface area contributed by atoms with Crippen molar-refractivity contribution in [3.05, 3.63) is 42.5 Å². The molecule has 30 heavy (non-hydrogen) atoms. The number of carbonyl (C=O) groups excluding carboxylic acids is 2. The zero-order valence-electron chi connectivity index (χ0n) is 17.1. The highest BCUT2D eigenvalue weighted by Gasteiger charge is 2.55. The highest BCUT2D eigenvalue weighted by molar-refractivity contribution is 7.89. The first-order chi connectivity index (χ1) is 14.3.